The number of hydrogen-bond donors (Lipinski definition) is 0. The van der Waals surface area contributed by atoms with Gasteiger partial charge in [-0.2, -0.15) is 0 Å². The van der Waals surface area contributed by atoms with E-state index >= 15 is 0 Å². The van der Waals surface area contributed by atoms with E-state index in [1.807, 2.05) is 0 Å². The molecule has 1 aliphatic rings. The maximum Gasteiger partial charge on any atom is 0.242 e. The Labute approximate surface area is 112 Å². The van der Waals surface area contributed by atoms with E-state index in [0.29, 0.717) is 12.5 Å². The van der Waals surface area contributed by atoms with Gasteiger partial charge in [0, 0.05) is 19.0 Å². The second-order valence-corrected chi connectivity index (χ2v) is 7.34. The van der Waals surface area contributed by atoms with Gasteiger partial charge >= 0.3 is 0 Å². The first-order chi connectivity index (χ1) is 8.39. The molecular weight excluding hydrogens is 277 g/mol. The van der Waals surface area contributed by atoms with Gasteiger partial charge in [-0.3, -0.25) is 0 Å². The number of sulfonamides is 1. The van der Waals surface area contributed by atoms with Gasteiger partial charge in [0.15, 0.2) is 0 Å². The maximum atomic E-state index is 12.8. The van der Waals surface area contributed by atoms with E-state index in [1.165, 1.54) is 16.4 Å². The molecule has 1 aliphatic carbocycles. The highest BCUT2D eigenvalue weighted by Crippen LogP contribution is 2.33. The van der Waals surface area contributed by atoms with Crippen LogP contribution in [0.3, 0.4) is 0 Å². The third-order valence-electron chi connectivity index (χ3n) is 3.22. The molecule has 1 aromatic carbocycles. The van der Waals surface area contributed by atoms with E-state index in [2.05, 4.69) is 0 Å². The molecule has 0 unspecified atom stereocenters. The smallest absolute Gasteiger partial charge is 0.207 e. The van der Waals surface area contributed by atoms with Gasteiger partial charge in [-0.1, -0.05) is 0 Å². The van der Waals surface area contributed by atoms with Crippen molar-refractivity contribution in [3.63, 3.8) is 0 Å². The van der Waals surface area contributed by atoms with Crippen molar-refractivity contribution in [3.05, 3.63) is 30.1 Å². The molecule has 2 rings (SSSR count). The standard InChI is InChI=1S/C12H15ClFNO2S/c1-15(8-9-6-10(13)7-9)18(16,17)12-4-2-11(14)3-5-12/h2-5,9-10H,6-8H2,1H3. The van der Waals surface area contributed by atoms with Gasteiger partial charge in [0.1, 0.15) is 5.82 Å². The van der Waals surface area contributed by atoms with E-state index < -0.39 is 15.8 Å². The summed E-state index contributed by atoms with van der Waals surface area (Å²) in [5.41, 5.74) is 0. The van der Waals surface area contributed by atoms with E-state index in [9.17, 15) is 12.8 Å². The topological polar surface area (TPSA) is 37.4 Å². The van der Waals surface area contributed by atoms with E-state index in [4.69, 9.17) is 11.6 Å². The van der Waals surface area contributed by atoms with Gasteiger partial charge < -0.3 is 0 Å². The number of alkyl halides is 1. The van der Waals surface area contributed by atoms with Gasteiger partial charge in [0.05, 0.1) is 4.90 Å². The Kier molecular flexibility index (Phi) is 3.94. The lowest BCUT2D eigenvalue weighted by molar-refractivity contribution is 0.268. The Bertz CT molecular complexity index is 511. The van der Waals surface area contributed by atoms with Crippen LogP contribution in [0.1, 0.15) is 12.8 Å². The first kappa shape index (κ1) is 13.8. The highest BCUT2D eigenvalue weighted by molar-refractivity contribution is 7.89. The highest BCUT2D eigenvalue weighted by Gasteiger charge is 2.31. The predicted octanol–water partition coefficient (Wildman–Crippen LogP) is 2.46. The van der Waals surface area contributed by atoms with Crippen molar-refractivity contribution in [1.29, 1.82) is 0 Å². The molecule has 1 aromatic rings. The third kappa shape index (κ3) is 2.84. The Balaban J connectivity index is 2.08. The molecule has 100 valence electrons. The van der Waals surface area contributed by atoms with Crippen LogP contribution in [0.5, 0.6) is 0 Å². The van der Waals surface area contributed by atoms with Crippen molar-refractivity contribution in [1.82, 2.24) is 4.31 Å². The van der Waals surface area contributed by atoms with Crippen LogP contribution in [0.4, 0.5) is 4.39 Å². The van der Waals surface area contributed by atoms with Crippen LogP contribution in [0.25, 0.3) is 0 Å². The summed E-state index contributed by atoms with van der Waals surface area (Å²) in [6.45, 7) is 0.461. The molecule has 1 fully saturated rings. The van der Waals surface area contributed by atoms with Gasteiger partial charge in [-0.05, 0) is 43.0 Å². The first-order valence-corrected chi connectivity index (χ1v) is 7.63. The minimum absolute atomic E-state index is 0.119. The molecule has 6 heteroatoms. The fraction of sp³-hybridized carbons (Fsp3) is 0.500. The van der Waals surface area contributed by atoms with Gasteiger partial charge in [-0.15, -0.1) is 11.6 Å². The zero-order valence-electron chi connectivity index (χ0n) is 10.0. The van der Waals surface area contributed by atoms with Crippen molar-refractivity contribution in [3.8, 4) is 0 Å². The minimum atomic E-state index is -3.52. The summed E-state index contributed by atoms with van der Waals surface area (Å²) >= 11 is 5.87. The molecule has 1 saturated carbocycles. The van der Waals surface area contributed by atoms with Crippen molar-refractivity contribution in [2.75, 3.05) is 13.6 Å². The second-order valence-electron chi connectivity index (χ2n) is 4.67. The lowest BCUT2D eigenvalue weighted by Gasteiger charge is -2.33. The molecule has 0 aromatic heterocycles. The van der Waals surface area contributed by atoms with E-state index in [0.717, 1.165) is 25.0 Å². The molecule has 0 radical (unpaired) electrons. The molecule has 18 heavy (non-hydrogen) atoms. The normalized spacial score (nSPS) is 24.0. The van der Waals surface area contributed by atoms with E-state index in [1.54, 1.807) is 7.05 Å². The number of halogens is 2. The summed E-state index contributed by atoms with van der Waals surface area (Å²) < 4.78 is 38.4. The molecule has 0 atom stereocenters. The fourth-order valence-electron chi connectivity index (χ4n) is 2.05. The van der Waals surface area contributed by atoms with Crippen LogP contribution >= 0.6 is 11.6 Å². The predicted molar refractivity (Wildman–Crippen MR) is 68.6 cm³/mol. The third-order valence-corrected chi connectivity index (χ3v) is 5.41. The zero-order valence-corrected chi connectivity index (χ0v) is 11.6. The Hall–Kier alpha value is -0.650. The summed E-state index contributed by atoms with van der Waals surface area (Å²) in [4.78, 5) is 0.119. The summed E-state index contributed by atoms with van der Waals surface area (Å²) in [6.07, 6.45) is 1.70. The summed E-state index contributed by atoms with van der Waals surface area (Å²) in [5.74, 6) is -0.117. The Morgan fingerprint density at radius 3 is 2.39 bits per heavy atom. The molecule has 0 amide bonds. The Morgan fingerprint density at radius 2 is 1.89 bits per heavy atom. The summed E-state index contributed by atoms with van der Waals surface area (Å²) in [5, 5.41) is 0.178. The van der Waals surface area contributed by atoms with Crippen molar-refractivity contribution < 1.29 is 12.8 Å². The molecule has 0 heterocycles. The highest BCUT2D eigenvalue weighted by atomic mass is 35.5. The number of rotatable bonds is 4. The largest absolute Gasteiger partial charge is 0.242 e. The lowest BCUT2D eigenvalue weighted by atomic mass is 9.85. The monoisotopic (exact) mass is 291 g/mol. The summed E-state index contributed by atoms with van der Waals surface area (Å²) in [7, 11) is -1.98. The summed E-state index contributed by atoms with van der Waals surface area (Å²) in [6, 6.07) is 4.87. The van der Waals surface area contributed by atoms with Crippen LogP contribution in [0.2, 0.25) is 0 Å². The van der Waals surface area contributed by atoms with Crippen LogP contribution in [0.15, 0.2) is 29.2 Å². The average molecular weight is 292 g/mol. The number of nitrogens with zero attached hydrogens (tertiary/aromatic N) is 1. The number of benzene rings is 1. The molecule has 0 bridgehead atoms. The first-order valence-electron chi connectivity index (χ1n) is 5.75. The van der Waals surface area contributed by atoms with Crippen molar-refractivity contribution >= 4 is 21.6 Å². The number of hydrogen-bond acceptors (Lipinski definition) is 2. The quantitative estimate of drug-likeness (QED) is 0.799. The van der Waals surface area contributed by atoms with Crippen LogP contribution < -0.4 is 0 Å². The SMILES string of the molecule is CN(CC1CC(Cl)C1)S(=O)(=O)c1ccc(F)cc1. The zero-order chi connectivity index (χ0) is 13.3. The van der Waals surface area contributed by atoms with Gasteiger partial charge in [0.25, 0.3) is 0 Å². The van der Waals surface area contributed by atoms with Crippen LogP contribution in [-0.2, 0) is 10.0 Å². The molecule has 0 aliphatic heterocycles. The molecule has 0 spiro atoms. The fourth-order valence-corrected chi connectivity index (χ4v) is 3.80. The van der Waals surface area contributed by atoms with Gasteiger partial charge in [0.2, 0.25) is 10.0 Å². The lowest BCUT2D eigenvalue weighted by Crippen LogP contribution is -2.37. The molecule has 0 saturated heterocycles. The Morgan fingerprint density at radius 1 is 1.33 bits per heavy atom. The average Bonchev–Trinajstić information content (AvgIpc) is 2.27. The molecule has 0 N–H and O–H groups in total. The molecule has 3 nitrogen and oxygen atoms in total. The van der Waals surface area contributed by atoms with Crippen molar-refractivity contribution in [2.24, 2.45) is 5.92 Å². The minimum Gasteiger partial charge on any atom is -0.207 e. The molecular formula is C12H15ClFNO2S. The van der Waals surface area contributed by atoms with E-state index in [-0.39, 0.29) is 10.3 Å². The van der Waals surface area contributed by atoms with Crippen LogP contribution in [0, 0.1) is 11.7 Å². The van der Waals surface area contributed by atoms with Gasteiger partial charge in [-0.25, -0.2) is 17.1 Å². The maximum absolute atomic E-state index is 12.8. The van der Waals surface area contributed by atoms with Crippen LogP contribution in [-0.4, -0.2) is 31.7 Å². The second kappa shape index (κ2) is 5.15. The van der Waals surface area contributed by atoms with Crippen molar-refractivity contribution in [2.45, 2.75) is 23.1 Å².